The Labute approximate surface area is 97.6 Å². The number of carboxylic acid groups (broad SMARTS) is 1. The molecule has 1 aromatic rings. The minimum Gasteiger partial charge on any atom is -0.481 e. The molecular formula is C11H12N2O4. The van der Waals surface area contributed by atoms with E-state index in [1.807, 2.05) is 0 Å². The molecule has 0 aliphatic heterocycles. The van der Waals surface area contributed by atoms with Crippen LogP contribution in [0.5, 0.6) is 0 Å². The standard InChI is InChI=1S/C11H12N2O4/c14-9(15)5-2-1-4-8-12-10(13-17-8)11(16)6-3-7-11/h16H,3-7H2,(H,14,15). The molecule has 2 rings (SSSR count). The van der Waals surface area contributed by atoms with Crippen molar-refractivity contribution in [2.75, 3.05) is 0 Å². The maximum atomic E-state index is 10.2. The first kappa shape index (κ1) is 11.6. The molecule has 0 aromatic carbocycles. The Morgan fingerprint density at radius 3 is 2.82 bits per heavy atom. The van der Waals surface area contributed by atoms with Crippen molar-refractivity contribution < 1.29 is 19.5 Å². The van der Waals surface area contributed by atoms with Gasteiger partial charge in [-0.1, -0.05) is 17.0 Å². The van der Waals surface area contributed by atoms with Gasteiger partial charge in [-0.2, -0.15) is 4.98 Å². The molecule has 2 N–H and O–H groups in total. The third kappa shape index (κ3) is 2.63. The van der Waals surface area contributed by atoms with E-state index in [0.717, 1.165) is 6.42 Å². The lowest BCUT2D eigenvalue weighted by Gasteiger charge is -2.32. The summed E-state index contributed by atoms with van der Waals surface area (Å²) in [6.07, 6.45) is 2.26. The van der Waals surface area contributed by atoms with Gasteiger partial charge in [0.1, 0.15) is 12.0 Å². The van der Waals surface area contributed by atoms with Gasteiger partial charge in [-0.25, -0.2) is 0 Å². The number of carbonyl (C=O) groups is 1. The highest BCUT2D eigenvalue weighted by atomic mass is 16.5. The first-order valence-corrected chi connectivity index (χ1v) is 5.33. The van der Waals surface area contributed by atoms with Gasteiger partial charge in [-0.3, -0.25) is 4.79 Å². The van der Waals surface area contributed by atoms with Crippen LogP contribution >= 0.6 is 0 Å². The van der Waals surface area contributed by atoms with E-state index in [9.17, 15) is 9.90 Å². The van der Waals surface area contributed by atoms with Gasteiger partial charge in [-0.05, 0) is 19.3 Å². The summed E-state index contributed by atoms with van der Waals surface area (Å²) in [5.41, 5.74) is -0.934. The predicted octanol–water partition coefficient (Wildman–Crippen LogP) is 0.462. The van der Waals surface area contributed by atoms with Gasteiger partial charge >= 0.3 is 5.97 Å². The van der Waals surface area contributed by atoms with E-state index in [1.165, 1.54) is 0 Å². The zero-order valence-corrected chi connectivity index (χ0v) is 9.14. The summed E-state index contributed by atoms with van der Waals surface area (Å²) in [5.74, 6) is 4.74. The van der Waals surface area contributed by atoms with Gasteiger partial charge in [-0.15, -0.1) is 0 Å². The molecule has 0 atom stereocenters. The second-order valence-electron chi connectivity index (χ2n) is 4.00. The van der Waals surface area contributed by atoms with Crippen LogP contribution in [0.3, 0.4) is 0 Å². The van der Waals surface area contributed by atoms with Gasteiger partial charge in [0.25, 0.3) is 0 Å². The molecule has 1 aliphatic rings. The molecular weight excluding hydrogens is 224 g/mol. The second kappa shape index (κ2) is 4.55. The zero-order valence-electron chi connectivity index (χ0n) is 9.14. The van der Waals surface area contributed by atoms with Crippen LogP contribution in [0.15, 0.2) is 4.52 Å². The van der Waals surface area contributed by atoms with E-state index in [4.69, 9.17) is 9.63 Å². The highest BCUT2D eigenvalue weighted by Gasteiger charge is 2.40. The van der Waals surface area contributed by atoms with E-state index in [2.05, 4.69) is 22.0 Å². The molecule has 1 aromatic heterocycles. The van der Waals surface area contributed by atoms with Gasteiger partial charge < -0.3 is 14.7 Å². The fourth-order valence-electron chi connectivity index (χ4n) is 1.53. The van der Waals surface area contributed by atoms with Crippen LogP contribution in [-0.2, 0) is 16.8 Å². The average Bonchev–Trinajstić information content (AvgIpc) is 2.70. The van der Waals surface area contributed by atoms with Crippen molar-refractivity contribution >= 4 is 5.97 Å². The van der Waals surface area contributed by atoms with Gasteiger partial charge in [0.2, 0.25) is 11.7 Å². The van der Waals surface area contributed by atoms with Gasteiger partial charge in [0.05, 0.1) is 6.42 Å². The van der Waals surface area contributed by atoms with Crippen LogP contribution in [0, 0.1) is 11.8 Å². The zero-order chi connectivity index (χ0) is 12.3. The highest BCUT2D eigenvalue weighted by Crippen LogP contribution is 2.39. The highest BCUT2D eigenvalue weighted by molar-refractivity contribution is 5.69. The monoisotopic (exact) mass is 236 g/mol. The van der Waals surface area contributed by atoms with Crippen molar-refractivity contribution in [3.05, 3.63) is 11.7 Å². The Kier molecular flexibility index (Phi) is 3.11. The molecule has 6 heteroatoms. The molecule has 6 nitrogen and oxygen atoms in total. The van der Waals surface area contributed by atoms with Crippen molar-refractivity contribution in [1.82, 2.24) is 10.1 Å². The molecule has 1 saturated carbocycles. The Morgan fingerprint density at radius 1 is 1.47 bits per heavy atom. The van der Waals surface area contributed by atoms with Crippen molar-refractivity contribution in [3.63, 3.8) is 0 Å². The molecule has 1 fully saturated rings. The smallest absolute Gasteiger partial charge is 0.315 e. The summed E-state index contributed by atoms with van der Waals surface area (Å²) in [5, 5.41) is 22.0. The molecule has 0 radical (unpaired) electrons. The van der Waals surface area contributed by atoms with E-state index < -0.39 is 11.6 Å². The van der Waals surface area contributed by atoms with E-state index in [-0.39, 0.29) is 12.8 Å². The second-order valence-corrected chi connectivity index (χ2v) is 4.00. The largest absolute Gasteiger partial charge is 0.481 e. The fraction of sp³-hybridized carbons (Fsp3) is 0.545. The quantitative estimate of drug-likeness (QED) is 0.740. The van der Waals surface area contributed by atoms with Gasteiger partial charge in [0.15, 0.2) is 0 Å². The lowest BCUT2D eigenvalue weighted by Crippen LogP contribution is -2.34. The molecule has 17 heavy (non-hydrogen) atoms. The summed E-state index contributed by atoms with van der Waals surface area (Å²) in [4.78, 5) is 14.2. The summed E-state index contributed by atoms with van der Waals surface area (Å²) < 4.78 is 4.92. The first-order chi connectivity index (χ1) is 8.10. The van der Waals surface area contributed by atoms with Crippen LogP contribution in [-0.4, -0.2) is 26.3 Å². The average molecular weight is 236 g/mol. The Balaban J connectivity index is 1.94. The number of hydrogen-bond donors (Lipinski definition) is 2. The fourth-order valence-corrected chi connectivity index (χ4v) is 1.53. The number of aliphatic hydroxyl groups is 1. The Bertz CT molecular complexity index is 479. The van der Waals surface area contributed by atoms with Crippen LogP contribution in [0.4, 0.5) is 0 Å². The Hall–Kier alpha value is -1.87. The molecule has 1 heterocycles. The minimum atomic E-state index is -0.965. The number of carboxylic acids is 1. The minimum absolute atomic E-state index is 0.203. The third-order valence-corrected chi connectivity index (χ3v) is 2.67. The number of aromatic nitrogens is 2. The predicted molar refractivity (Wildman–Crippen MR) is 55.8 cm³/mol. The molecule has 1 aliphatic carbocycles. The van der Waals surface area contributed by atoms with Crippen LogP contribution < -0.4 is 0 Å². The van der Waals surface area contributed by atoms with Crippen molar-refractivity contribution in [3.8, 4) is 11.8 Å². The van der Waals surface area contributed by atoms with E-state index >= 15 is 0 Å². The SMILES string of the molecule is O=C(O)CC#CCc1nc(C2(O)CCC2)no1. The molecule has 90 valence electrons. The van der Waals surface area contributed by atoms with Gasteiger partial charge in [0, 0.05) is 0 Å². The number of rotatable bonds is 3. The third-order valence-electron chi connectivity index (χ3n) is 2.67. The van der Waals surface area contributed by atoms with Crippen LogP contribution in [0.2, 0.25) is 0 Å². The normalized spacial score (nSPS) is 16.8. The maximum Gasteiger partial charge on any atom is 0.315 e. The van der Waals surface area contributed by atoms with Crippen molar-refractivity contribution in [1.29, 1.82) is 0 Å². The van der Waals surface area contributed by atoms with Crippen LogP contribution in [0.25, 0.3) is 0 Å². The number of nitrogens with zero attached hydrogens (tertiary/aromatic N) is 2. The maximum absolute atomic E-state index is 10.2. The van der Waals surface area contributed by atoms with Crippen molar-refractivity contribution in [2.45, 2.75) is 37.7 Å². The summed E-state index contributed by atoms with van der Waals surface area (Å²) in [6, 6.07) is 0. The molecule has 0 amide bonds. The van der Waals surface area contributed by atoms with Crippen LogP contribution in [0.1, 0.15) is 37.4 Å². The number of hydrogen-bond acceptors (Lipinski definition) is 5. The molecule has 0 saturated heterocycles. The van der Waals surface area contributed by atoms with E-state index in [1.54, 1.807) is 0 Å². The first-order valence-electron chi connectivity index (χ1n) is 5.33. The summed E-state index contributed by atoms with van der Waals surface area (Å²) >= 11 is 0. The summed E-state index contributed by atoms with van der Waals surface area (Å²) in [7, 11) is 0. The molecule has 0 bridgehead atoms. The topological polar surface area (TPSA) is 96.5 Å². The summed E-state index contributed by atoms with van der Waals surface area (Å²) in [6.45, 7) is 0. The van der Waals surface area contributed by atoms with E-state index in [0.29, 0.717) is 24.6 Å². The van der Waals surface area contributed by atoms with Crippen molar-refractivity contribution in [2.24, 2.45) is 0 Å². The molecule has 0 unspecified atom stereocenters. The molecule has 0 spiro atoms. The lowest BCUT2D eigenvalue weighted by atomic mass is 9.80. The Morgan fingerprint density at radius 2 is 2.24 bits per heavy atom. The number of aliphatic carboxylic acids is 1. The lowest BCUT2D eigenvalue weighted by molar-refractivity contribution is -0.135.